The van der Waals surface area contributed by atoms with E-state index in [0.717, 1.165) is 40.8 Å². The molecule has 1 fully saturated rings. The van der Waals surface area contributed by atoms with Gasteiger partial charge in [0.05, 0.1) is 11.3 Å². The Hall–Kier alpha value is -3.51. The van der Waals surface area contributed by atoms with Gasteiger partial charge in [0.15, 0.2) is 0 Å². The summed E-state index contributed by atoms with van der Waals surface area (Å²) in [4.78, 5) is 27.4. The van der Waals surface area contributed by atoms with Crippen LogP contribution in [0.2, 0.25) is 0 Å². The van der Waals surface area contributed by atoms with E-state index >= 15 is 0 Å². The van der Waals surface area contributed by atoms with Gasteiger partial charge in [-0.05, 0) is 49.7 Å². The first-order chi connectivity index (χ1) is 15.3. The van der Waals surface area contributed by atoms with Crippen molar-refractivity contribution in [3.63, 3.8) is 0 Å². The first-order valence-electron chi connectivity index (χ1n) is 10.8. The van der Waals surface area contributed by atoms with E-state index in [4.69, 9.17) is 0 Å². The van der Waals surface area contributed by atoms with E-state index < -0.39 is 0 Å². The number of hydrogen-bond donors (Lipinski definition) is 2. The van der Waals surface area contributed by atoms with Crippen molar-refractivity contribution in [3.05, 3.63) is 78.4 Å². The number of pyridine rings is 2. The van der Waals surface area contributed by atoms with Crippen molar-refractivity contribution in [2.24, 2.45) is 0 Å². The summed E-state index contributed by atoms with van der Waals surface area (Å²) in [6, 6.07) is 15.9. The van der Waals surface area contributed by atoms with Crippen LogP contribution in [0.15, 0.2) is 67.1 Å². The molecule has 6 nitrogen and oxygen atoms in total. The molecule has 3 aromatic heterocycles. The van der Waals surface area contributed by atoms with E-state index in [1.807, 2.05) is 54.7 Å². The van der Waals surface area contributed by atoms with E-state index in [0.29, 0.717) is 11.3 Å². The highest BCUT2D eigenvalue weighted by molar-refractivity contribution is 6.08. The monoisotopic (exact) mass is 411 g/mol. The molecule has 156 valence electrons. The largest absolute Gasteiger partial charge is 0.344 e. The number of carbonyl (C=O) groups excluding carboxylic acids is 1. The number of carbonyl (C=O) groups is 1. The van der Waals surface area contributed by atoms with Crippen LogP contribution in [0.5, 0.6) is 0 Å². The Morgan fingerprint density at radius 3 is 2.61 bits per heavy atom. The summed E-state index contributed by atoms with van der Waals surface area (Å²) in [6.45, 7) is 3.41. The molecule has 0 aliphatic carbocycles. The average molecular weight is 412 g/mol. The number of amides is 1. The Morgan fingerprint density at radius 1 is 1.00 bits per heavy atom. The molecule has 1 amide bonds. The highest BCUT2D eigenvalue weighted by Gasteiger charge is 2.14. The zero-order valence-corrected chi connectivity index (χ0v) is 17.3. The fourth-order valence-electron chi connectivity index (χ4n) is 4.08. The minimum absolute atomic E-state index is 0.176. The second-order valence-corrected chi connectivity index (χ2v) is 7.98. The second-order valence-electron chi connectivity index (χ2n) is 7.98. The number of aromatic nitrogens is 3. The maximum Gasteiger partial charge on any atom is 0.257 e. The van der Waals surface area contributed by atoms with Gasteiger partial charge in [0.2, 0.25) is 0 Å². The molecule has 0 saturated carbocycles. The van der Waals surface area contributed by atoms with Crippen LogP contribution in [0.25, 0.3) is 22.2 Å². The molecule has 0 atom stereocenters. The molecule has 1 aliphatic rings. The molecule has 4 aromatic rings. The van der Waals surface area contributed by atoms with Gasteiger partial charge in [-0.1, -0.05) is 30.3 Å². The van der Waals surface area contributed by atoms with Gasteiger partial charge < -0.3 is 15.2 Å². The summed E-state index contributed by atoms with van der Waals surface area (Å²) in [7, 11) is 0. The van der Waals surface area contributed by atoms with Gasteiger partial charge >= 0.3 is 0 Å². The van der Waals surface area contributed by atoms with Gasteiger partial charge in [0.25, 0.3) is 5.91 Å². The summed E-state index contributed by atoms with van der Waals surface area (Å²) in [5.41, 5.74) is 5.11. The molecular weight excluding hydrogens is 386 g/mol. The number of aromatic amines is 1. The van der Waals surface area contributed by atoms with Gasteiger partial charge in [0.1, 0.15) is 5.65 Å². The number of nitrogens with zero attached hydrogens (tertiary/aromatic N) is 3. The Kier molecular flexibility index (Phi) is 5.46. The van der Waals surface area contributed by atoms with Gasteiger partial charge in [-0.25, -0.2) is 4.98 Å². The van der Waals surface area contributed by atoms with E-state index in [2.05, 4.69) is 25.2 Å². The van der Waals surface area contributed by atoms with Crippen molar-refractivity contribution in [1.29, 1.82) is 0 Å². The number of hydrogen-bond acceptors (Lipinski definition) is 4. The Labute approximate surface area is 181 Å². The molecule has 0 bridgehead atoms. The van der Waals surface area contributed by atoms with Crippen LogP contribution in [0.1, 0.15) is 28.9 Å². The van der Waals surface area contributed by atoms with Crippen LogP contribution in [-0.2, 0) is 6.42 Å². The zero-order chi connectivity index (χ0) is 21.0. The third-order valence-electron chi connectivity index (χ3n) is 5.86. The molecule has 1 aliphatic heterocycles. The molecule has 1 aromatic carbocycles. The van der Waals surface area contributed by atoms with Crippen molar-refractivity contribution >= 4 is 22.6 Å². The first-order valence-corrected chi connectivity index (χ1v) is 10.8. The molecule has 1 saturated heterocycles. The van der Waals surface area contributed by atoms with Crippen molar-refractivity contribution in [2.75, 3.05) is 25.0 Å². The lowest BCUT2D eigenvalue weighted by atomic mass is 10.1. The standard InChI is InChI=1S/C25H25N5O/c31-25(19-8-9-21(26-15-19)10-13-30-11-4-5-12-30)29-23-17-28-24-22(23)14-20(16-27-24)18-6-2-1-3-7-18/h1-3,6-9,14-17H,4-5,10-13H2,(H,27,28)(H,29,31). The summed E-state index contributed by atoms with van der Waals surface area (Å²) >= 11 is 0. The number of fused-ring (bicyclic) bond motifs is 1. The third-order valence-corrected chi connectivity index (χ3v) is 5.86. The summed E-state index contributed by atoms with van der Waals surface area (Å²) < 4.78 is 0. The SMILES string of the molecule is O=C(Nc1c[nH]c2ncc(-c3ccccc3)cc12)c1ccc(CCN2CCCC2)nc1. The van der Waals surface area contributed by atoms with Crippen molar-refractivity contribution < 1.29 is 4.79 Å². The molecule has 0 radical (unpaired) electrons. The number of anilines is 1. The van der Waals surface area contributed by atoms with E-state index in [1.54, 1.807) is 12.4 Å². The van der Waals surface area contributed by atoms with Crippen LogP contribution in [0.4, 0.5) is 5.69 Å². The smallest absolute Gasteiger partial charge is 0.257 e. The van der Waals surface area contributed by atoms with Gasteiger partial charge in [-0.2, -0.15) is 0 Å². The van der Waals surface area contributed by atoms with Crippen LogP contribution in [-0.4, -0.2) is 45.4 Å². The lowest BCUT2D eigenvalue weighted by molar-refractivity contribution is 0.102. The minimum atomic E-state index is -0.176. The molecule has 31 heavy (non-hydrogen) atoms. The molecule has 2 N–H and O–H groups in total. The maximum absolute atomic E-state index is 12.8. The highest BCUT2D eigenvalue weighted by atomic mass is 16.1. The van der Waals surface area contributed by atoms with Crippen LogP contribution in [0, 0.1) is 0 Å². The quantitative estimate of drug-likeness (QED) is 0.489. The number of H-pyrrole nitrogens is 1. The Morgan fingerprint density at radius 2 is 1.84 bits per heavy atom. The molecule has 5 rings (SSSR count). The fourth-order valence-corrected chi connectivity index (χ4v) is 4.08. The average Bonchev–Trinajstić information content (AvgIpc) is 3.48. The fraction of sp³-hybridized carbons (Fsp3) is 0.240. The van der Waals surface area contributed by atoms with Crippen molar-refractivity contribution in [1.82, 2.24) is 19.9 Å². The zero-order valence-electron chi connectivity index (χ0n) is 17.3. The number of nitrogens with one attached hydrogen (secondary N) is 2. The van der Waals surface area contributed by atoms with E-state index in [9.17, 15) is 4.79 Å². The van der Waals surface area contributed by atoms with Crippen molar-refractivity contribution in [2.45, 2.75) is 19.3 Å². The normalized spacial score (nSPS) is 14.2. The maximum atomic E-state index is 12.8. The van der Waals surface area contributed by atoms with Gasteiger partial charge in [-0.3, -0.25) is 9.78 Å². The molecule has 0 spiro atoms. The lowest BCUT2D eigenvalue weighted by Crippen LogP contribution is -2.22. The van der Waals surface area contributed by atoms with Crippen LogP contribution in [0.3, 0.4) is 0 Å². The van der Waals surface area contributed by atoms with E-state index in [-0.39, 0.29) is 5.91 Å². The van der Waals surface area contributed by atoms with Crippen molar-refractivity contribution in [3.8, 4) is 11.1 Å². The predicted octanol–water partition coefficient (Wildman–Crippen LogP) is 4.52. The summed E-state index contributed by atoms with van der Waals surface area (Å²) in [5, 5.41) is 3.88. The highest BCUT2D eigenvalue weighted by Crippen LogP contribution is 2.27. The summed E-state index contributed by atoms with van der Waals surface area (Å²) in [6.07, 6.45) is 8.79. The molecule has 4 heterocycles. The Balaban J connectivity index is 1.29. The van der Waals surface area contributed by atoms with Gasteiger partial charge in [-0.15, -0.1) is 0 Å². The predicted molar refractivity (Wildman–Crippen MR) is 123 cm³/mol. The first kappa shape index (κ1) is 19.5. The number of likely N-dealkylation sites (tertiary alicyclic amines) is 1. The lowest BCUT2D eigenvalue weighted by Gasteiger charge is -2.13. The third kappa shape index (κ3) is 4.34. The molecule has 6 heteroatoms. The number of benzene rings is 1. The minimum Gasteiger partial charge on any atom is -0.344 e. The van der Waals surface area contributed by atoms with Crippen LogP contribution < -0.4 is 5.32 Å². The van der Waals surface area contributed by atoms with Gasteiger partial charge in [0, 0.05) is 48.2 Å². The molecular formula is C25H25N5O. The molecule has 0 unspecified atom stereocenters. The topological polar surface area (TPSA) is 73.9 Å². The van der Waals surface area contributed by atoms with E-state index in [1.165, 1.54) is 25.9 Å². The Bertz CT molecular complexity index is 1180. The second kappa shape index (κ2) is 8.70. The summed E-state index contributed by atoms with van der Waals surface area (Å²) in [5.74, 6) is -0.176. The number of rotatable bonds is 6. The van der Waals surface area contributed by atoms with Crippen LogP contribution >= 0.6 is 0 Å².